The van der Waals surface area contributed by atoms with Crippen LogP contribution in [0.4, 0.5) is 8.78 Å². The molecule has 1 N–H and O–H groups in total. The Balaban J connectivity index is 1.42. The zero-order valence-corrected chi connectivity index (χ0v) is 17.6. The van der Waals surface area contributed by atoms with Gasteiger partial charge in [-0.1, -0.05) is 31.4 Å². The molecule has 2 fully saturated rings. The highest BCUT2D eigenvalue weighted by molar-refractivity contribution is 5.81. The second-order valence-electron chi connectivity index (χ2n) is 8.02. The average molecular weight is 440 g/mol. The van der Waals surface area contributed by atoms with Crippen molar-refractivity contribution in [2.24, 2.45) is 0 Å². The van der Waals surface area contributed by atoms with Crippen LogP contribution in [-0.2, 0) is 25.5 Å². The summed E-state index contributed by atoms with van der Waals surface area (Å²) >= 11 is 0. The number of hydrogen-bond acceptors (Lipinski definition) is 6. The van der Waals surface area contributed by atoms with E-state index in [1.54, 1.807) is 0 Å². The van der Waals surface area contributed by atoms with Crippen LogP contribution in [0.1, 0.15) is 37.7 Å². The number of rotatable bonds is 9. The predicted molar refractivity (Wildman–Crippen MR) is 109 cm³/mol. The predicted octanol–water partition coefficient (Wildman–Crippen LogP) is 2.53. The maximum absolute atomic E-state index is 12.3. The summed E-state index contributed by atoms with van der Waals surface area (Å²) in [6.07, 6.45) is 5.52. The van der Waals surface area contributed by atoms with Crippen LogP contribution in [0.3, 0.4) is 0 Å². The van der Waals surface area contributed by atoms with E-state index in [9.17, 15) is 18.4 Å². The van der Waals surface area contributed by atoms with E-state index in [4.69, 9.17) is 9.47 Å². The third kappa shape index (κ3) is 7.14. The summed E-state index contributed by atoms with van der Waals surface area (Å²) in [7, 11) is 0. The minimum atomic E-state index is -2.90. The molecule has 1 heterocycles. The van der Waals surface area contributed by atoms with E-state index < -0.39 is 12.6 Å². The highest BCUT2D eigenvalue weighted by Crippen LogP contribution is 2.33. The summed E-state index contributed by atoms with van der Waals surface area (Å²) in [5, 5.41) is 2.95. The molecule has 2 aliphatic rings. The number of esters is 1. The Morgan fingerprint density at radius 2 is 1.77 bits per heavy atom. The van der Waals surface area contributed by atoms with Gasteiger partial charge in [0.1, 0.15) is 5.75 Å². The standard InChI is InChI=1S/C22H30F2N2O5/c23-21(24)31-18-6-4-17(5-7-18)14-20(28)30-15-19(27)25-16-22(8-2-1-3-9-22)26-10-12-29-13-11-26/h4-7,21H,1-3,8-16H2,(H,25,27). The first-order chi connectivity index (χ1) is 15.0. The first-order valence-electron chi connectivity index (χ1n) is 10.8. The van der Waals surface area contributed by atoms with E-state index in [-0.39, 0.29) is 30.2 Å². The van der Waals surface area contributed by atoms with Gasteiger partial charge < -0.3 is 19.5 Å². The number of nitrogens with zero attached hydrogens (tertiary/aromatic N) is 1. The van der Waals surface area contributed by atoms with Crippen molar-refractivity contribution in [3.05, 3.63) is 29.8 Å². The first kappa shape index (κ1) is 23.4. The largest absolute Gasteiger partial charge is 0.455 e. The Labute approximate surface area is 181 Å². The van der Waals surface area contributed by atoms with E-state index >= 15 is 0 Å². The fourth-order valence-corrected chi connectivity index (χ4v) is 4.32. The highest BCUT2D eigenvalue weighted by Gasteiger charge is 2.38. The number of carbonyl (C=O) groups excluding carboxylic acids is 2. The van der Waals surface area contributed by atoms with Gasteiger partial charge in [0.15, 0.2) is 6.61 Å². The molecule has 172 valence electrons. The molecule has 9 heteroatoms. The second kappa shape index (κ2) is 11.4. The fourth-order valence-electron chi connectivity index (χ4n) is 4.32. The number of halogens is 2. The molecular formula is C22H30F2N2O5. The van der Waals surface area contributed by atoms with Crippen molar-refractivity contribution in [1.82, 2.24) is 10.2 Å². The Kier molecular flexibility index (Phi) is 8.60. The molecule has 0 unspecified atom stereocenters. The minimum absolute atomic E-state index is 0.0170. The summed E-state index contributed by atoms with van der Waals surface area (Å²) in [6, 6.07) is 5.73. The van der Waals surface area contributed by atoms with Crippen molar-refractivity contribution in [3.63, 3.8) is 0 Å². The lowest BCUT2D eigenvalue weighted by atomic mass is 9.79. The smallest absolute Gasteiger partial charge is 0.387 e. The lowest BCUT2D eigenvalue weighted by Crippen LogP contribution is -2.59. The van der Waals surface area contributed by atoms with E-state index in [1.807, 2.05) is 0 Å². The van der Waals surface area contributed by atoms with Crippen LogP contribution in [0.2, 0.25) is 0 Å². The molecule has 7 nitrogen and oxygen atoms in total. The first-order valence-corrected chi connectivity index (χ1v) is 10.8. The number of morpholine rings is 1. The number of alkyl halides is 2. The van der Waals surface area contributed by atoms with Crippen LogP contribution in [0.15, 0.2) is 24.3 Å². The van der Waals surface area contributed by atoms with Crippen LogP contribution in [0.25, 0.3) is 0 Å². The molecular weight excluding hydrogens is 410 g/mol. The fraction of sp³-hybridized carbons (Fsp3) is 0.636. The van der Waals surface area contributed by atoms with Gasteiger partial charge in [-0.25, -0.2) is 0 Å². The van der Waals surface area contributed by atoms with Gasteiger partial charge in [-0.3, -0.25) is 14.5 Å². The number of benzene rings is 1. The average Bonchev–Trinajstić information content (AvgIpc) is 2.78. The van der Waals surface area contributed by atoms with E-state index in [0.717, 1.165) is 38.8 Å². The Morgan fingerprint density at radius 1 is 1.10 bits per heavy atom. The minimum Gasteiger partial charge on any atom is -0.455 e. The lowest BCUT2D eigenvalue weighted by Gasteiger charge is -2.48. The molecule has 1 amide bonds. The van der Waals surface area contributed by atoms with Crippen molar-refractivity contribution < 1.29 is 32.6 Å². The highest BCUT2D eigenvalue weighted by atomic mass is 19.3. The molecule has 1 aromatic carbocycles. The quantitative estimate of drug-likeness (QED) is 0.595. The van der Waals surface area contributed by atoms with E-state index in [2.05, 4.69) is 15.0 Å². The van der Waals surface area contributed by atoms with Crippen molar-refractivity contribution in [1.29, 1.82) is 0 Å². The molecule has 1 aromatic rings. The topological polar surface area (TPSA) is 77.1 Å². The SMILES string of the molecule is O=C(COC(=O)Cc1ccc(OC(F)F)cc1)NCC1(N2CCOCC2)CCCCC1. The van der Waals surface area contributed by atoms with Crippen LogP contribution in [0.5, 0.6) is 5.75 Å². The van der Waals surface area contributed by atoms with Crippen molar-refractivity contribution >= 4 is 11.9 Å². The Hall–Kier alpha value is -2.26. The molecule has 1 aliphatic heterocycles. The van der Waals surface area contributed by atoms with E-state index in [0.29, 0.717) is 25.3 Å². The van der Waals surface area contributed by atoms with Crippen LogP contribution >= 0.6 is 0 Å². The monoisotopic (exact) mass is 440 g/mol. The lowest BCUT2D eigenvalue weighted by molar-refractivity contribution is -0.148. The third-order valence-corrected chi connectivity index (χ3v) is 5.94. The zero-order chi connectivity index (χ0) is 22.1. The summed E-state index contributed by atoms with van der Waals surface area (Å²) in [6.45, 7) is 0.452. The summed E-state index contributed by atoms with van der Waals surface area (Å²) in [5.74, 6) is -0.867. The van der Waals surface area contributed by atoms with Gasteiger partial charge in [0.25, 0.3) is 5.91 Å². The van der Waals surface area contributed by atoms with Crippen LogP contribution < -0.4 is 10.1 Å². The second-order valence-corrected chi connectivity index (χ2v) is 8.02. The molecule has 0 atom stereocenters. The Morgan fingerprint density at radius 3 is 2.42 bits per heavy atom. The van der Waals surface area contributed by atoms with Gasteiger partial charge in [0.2, 0.25) is 0 Å². The van der Waals surface area contributed by atoms with Crippen LogP contribution in [0, 0.1) is 0 Å². The number of ether oxygens (including phenoxy) is 3. The van der Waals surface area contributed by atoms with Crippen LogP contribution in [-0.4, -0.2) is 68.4 Å². The number of carbonyl (C=O) groups is 2. The molecule has 0 spiro atoms. The molecule has 0 radical (unpaired) electrons. The normalized spacial score (nSPS) is 19.1. The molecule has 1 saturated heterocycles. The summed E-state index contributed by atoms with van der Waals surface area (Å²) in [5.41, 5.74) is 0.532. The van der Waals surface area contributed by atoms with Gasteiger partial charge in [-0.05, 0) is 30.5 Å². The van der Waals surface area contributed by atoms with E-state index in [1.165, 1.54) is 30.7 Å². The van der Waals surface area contributed by atoms with Crippen molar-refractivity contribution in [2.45, 2.75) is 50.7 Å². The summed E-state index contributed by atoms with van der Waals surface area (Å²) < 4.78 is 39.2. The van der Waals surface area contributed by atoms with Gasteiger partial charge in [-0.15, -0.1) is 0 Å². The van der Waals surface area contributed by atoms with Gasteiger partial charge in [0.05, 0.1) is 19.6 Å². The number of nitrogens with one attached hydrogen (secondary N) is 1. The molecule has 31 heavy (non-hydrogen) atoms. The molecule has 1 saturated carbocycles. The van der Waals surface area contributed by atoms with Gasteiger partial charge >= 0.3 is 12.6 Å². The molecule has 0 aromatic heterocycles. The Bertz CT molecular complexity index is 717. The molecule has 0 bridgehead atoms. The molecule has 1 aliphatic carbocycles. The van der Waals surface area contributed by atoms with Crippen molar-refractivity contribution in [2.75, 3.05) is 39.5 Å². The third-order valence-electron chi connectivity index (χ3n) is 5.94. The van der Waals surface area contributed by atoms with Crippen molar-refractivity contribution in [3.8, 4) is 5.75 Å². The summed E-state index contributed by atoms with van der Waals surface area (Å²) in [4.78, 5) is 26.8. The maximum Gasteiger partial charge on any atom is 0.387 e. The number of amides is 1. The van der Waals surface area contributed by atoms with Gasteiger partial charge in [0, 0.05) is 25.2 Å². The maximum atomic E-state index is 12.3. The number of hydrogen-bond donors (Lipinski definition) is 1. The molecule has 3 rings (SSSR count). The zero-order valence-electron chi connectivity index (χ0n) is 17.6. The van der Waals surface area contributed by atoms with Gasteiger partial charge in [-0.2, -0.15) is 8.78 Å².